The number of rotatable bonds is 7. The van der Waals surface area contributed by atoms with Gasteiger partial charge in [0.25, 0.3) is 0 Å². The molecule has 6 nitrogen and oxygen atoms in total. The van der Waals surface area contributed by atoms with E-state index >= 15 is 0 Å². The van der Waals surface area contributed by atoms with Gasteiger partial charge in [-0.1, -0.05) is 13.3 Å². The van der Waals surface area contributed by atoms with Crippen LogP contribution < -0.4 is 10.6 Å². The average Bonchev–Trinajstić information content (AvgIpc) is 2.62. The lowest BCUT2D eigenvalue weighted by Gasteiger charge is -2.22. The molecule has 0 aromatic carbocycles. The zero-order valence-corrected chi connectivity index (χ0v) is 10.1. The standard InChI is InChI=1S/C10H21BN2O4/c1-2-12-8-6-13-9(10(14)15)7(8)4-3-5-11(16)17/h7-9,12-13,16-17H,2-6H2,1H3,(H,14,15)/t7-,8+,9+/m1/s1. The summed E-state index contributed by atoms with van der Waals surface area (Å²) in [6, 6.07) is -0.383. The molecule has 0 aromatic rings. The maximum Gasteiger partial charge on any atom is 0.451 e. The van der Waals surface area contributed by atoms with Gasteiger partial charge in [0.1, 0.15) is 6.04 Å². The summed E-state index contributed by atoms with van der Waals surface area (Å²) in [6.07, 6.45) is 1.59. The smallest absolute Gasteiger partial charge is 0.451 e. The molecule has 0 unspecified atom stereocenters. The van der Waals surface area contributed by atoms with E-state index in [2.05, 4.69) is 10.6 Å². The Labute approximate surface area is 102 Å². The van der Waals surface area contributed by atoms with Crippen LogP contribution in [-0.2, 0) is 4.79 Å². The first-order valence-corrected chi connectivity index (χ1v) is 6.12. The second-order valence-corrected chi connectivity index (χ2v) is 4.46. The molecule has 1 saturated heterocycles. The highest BCUT2D eigenvalue weighted by Crippen LogP contribution is 2.23. The summed E-state index contributed by atoms with van der Waals surface area (Å²) >= 11 is 0. The van der Waals surface area contributed by atoms with Crippen LogP contribution in [0.3, 0.4) is 0 Å². The second-order valence-electron chi connectivity index (χ2n) is 4.46. The van der Waals surface area contributed by atoms with Gasteiger partial charge in [-0.25, -0.2) is 0 Å². The molecule has 0 aromatic heterocycles. The molecule has 0 radical (unpaired) electrons. The molecule has 1 aliphatic heterocycles. The third kappa shape index (κ3) is 4.27. The first-order valence-electron chi connectivity index (χ1n) is 6.12. The van der Waals surface area contributed by atoms with Crippen molar-refractivity contribution < 1.29 is 19.9 Å². The summed E-state index contributed by atoms with van der Waals surface area (Å²) in [5.74, 6) is -0.828. The SMILES string of the molecule is CCN[C@H]1CN[C@H](C(=O)O)[C@@H]1CCCB(O)O. The number of hydrogen-bond donors (Lipinski definition) is 5. The Morgan fingerprint density at radius 3 is 2.76 bits per heavy atom. The largest absolute Gasteiger partial charge is 0.480 e. The predicted octanol–water partition coefficient (Wildman–Crippen LogP) is -1.11. The Morgan fingerprint density at radius 2 is 2.24 bits per heavy atom. The van der Waals surface area contributed by atoms with Crippen LogP contribution in [0.15, 0.2) is 0 Å². The normalized spacial score (nSPS) is 28.3. The summed E-state index contributed by atoms with van der Waals surface area (Å²) in [5.41, 5.74) is 0. The number of carboxylic acids is 1. The van der Waals surface area contributed by atoms with Crippen molar-refractivity contribution in [1.29, 1.82) is 0 Å². The summed E-state index contributed by atoms with van der Waals surface area (Å²) in [5, 5.41) is 32.9. The number of aliphatic carboxylic acids is 1. The third-order valence-electron chi connectivity index (χ3n) is 3.23. The van der Waals surface area contributed by atoms with Gasteiger partial charge in [-0.05, 0) is 19.3 Å². The van der Waals surface area contributed by atoms with Crippen LogP contribution in [0.2, 0.25) is 6.32 Å². The number of carboxylic acid groups (broad SMARTS) is 1. The lowest BCUT2D eigenvalue weighted by Crippen LogP contribution is -2.40. The van der Waals surface area contributed by atoms with Crippen LogP contribution in [0.4, 0.5) is 0 Å². The maximum absolute atomic E-state index is 11.1. The van der Waals surface area contributed by atoms with Gasteiger partial charge in [-0.15, -0.1) is 0 Å². The quantitative estimate of drug-likeness (QED) is 0.364. The fraction of sp³-hybridized carbons (Fsp3) is 0.900. The van der Waals surface area contributed by atoms with E-state index in [-0.39, 0.29) is 12.0 Å². The zero-order valence-electron chi connectivity index (χ0n) is 10.1. The maximum atomic E-state index is 11.1. The van der Waals surface area contributed by atoms with E-state index in [1.54, 1.807) is 0 Å². The van der Waals surface area contributed by atoms with Crippen LogP contribution in [0.25, 0.3) is 0 Å². The van der Waals surface area contributed by atoms with Gasteiger partial charge in [0.2, 0.25) is 0 Å². The Balaban J connectivity index is 2.49. The predicted molar refractivity (Wildman–Crippen MR) is 64.6 cm³/mol. The van der Waals surface area contributed by atoms with Crippen molar-refractivity contribution in [3.8, 4) is 0 Å². The highest BCUT2D eigenvalue weighted by Gasteiger charge is 2.39. The van der Waals surface area contributed by atoms with Crippen LogP contribution in [0.5, 0.6) is 0 Å². The van der Waals surface area contributed by atoms with Crippen molar-refractivity contribution >= 4 is 13.1 Å². The average molecular weight is 244 g/mol. The molecule has 0 aliphatic carbocycles. The number of hydrogen-bond acceptors (Lipinski definition) is 5. The minimum atomic E-state index is -1.30. The number of likely N-dealkylation sites (N-methyl/N-ethyl adjacent to an activating group) is 1. The van der Waals surface area contributed by atoms with Gasteiger partial charge in [0.15, 0.2) is 0 Å². The van der Waals surface area contributed by atoms with Gasteiger partial charge >= 0.3 is 13.1 Å². The van der Waals surface area contributed by atoms with Crippen LogP contribution in [0, 0.1) is 5.92 Å². The minimum Gasteiger partial charge on any atom is -0.480 e. The molecular weight excluding hydrogens is 223 g/mol. The molecule has 0 amide bonds. The molecule has 0 saturated carbocycles. The molecule has 3 atom stereocenters. The molecule has 1 aliphatic rings. The highest BCUT2D eigenvalue weighted by atomic mass is 16.4. The molecule has 0 bridgehead atoms. The fourth-order valence-electron chi connectivity index (χ4n) is 2.45. The Morgan fingerprint density at radius 1 is 1.53 bits per heavy atom. The van der Waals surface area contributed by atoms with Crippen molar-refractivity contribution in [3.05, 3.63) is 0 Å². The lowest BCUT2D eigenvalue weighted by molar-refractivity contribution is -0.140. The minimum absolute atomic E-state index is 0.00574. The van der Waals surface area contributed by atoms with E-state index in [0.29, 0.717) is 25.7 Å². The molecule has 1 rings (SSSR count). The Kier molecular flexibility index (Phi) is 5.90. The molecule has 1 fully saturated rings. The van der Waals surface area contributed by atoms with E-state index < -0.39 is 19.1 Å². The van der Waals surface area contributed by atoms with Crippen LogP contribution in [-0.4, -0.2) is 53.4 Å². The topological polar surface area (TPSA) is 102 Å². The molecule has 17 heavy (non-hydrogen) atoms. The van der Waals surface area contributed by atoms with E-state index in [1.165, 1.54) is 0 Å². The van der Waals surface area contributed by atoms with E-state index in [0.717, 1.165) is 6.54 Å². The van der Waals surface area contributed by atoms with E-state index in [4.69, 9.17) is 15.2 Å². The molecular formula is C10H21BN2O4. The van der Waals surface area contributed by atoms with E-state index in [1.807, 2.05) is 6.92 Å². The summed E-state index contributed by atoms with van der Waals surface area (Å²) in [6.45, 7) is 3.44. The second kappa shape index (κ2) is 6.95. The van der Waals surface area contributed by atoms with Crippen molar-refractivity contribution in [2.45, 2.75) is 38.2 Å². The molecule has 1 heterocycles. The Hall–Kier alpha value is -0.625. The molecule has 98 valence electrons. The third-order valence-corrected chi connectivity index (χ3v) is 3.23. The summed E-state index contributed by atoms with van der Waals surface area (Å²) < 4.78 is 0. The molecule has 7 heteroatoms. The highest BCUT2D eigenvalue weighted by molar-refractivity contribution is 6.40. The van der Waals surface area contributed by atoms with Gasteiger partial charge in [-0.3, -0.25) is 4.79 Å². The monoisotopic (exact) mass is 244 g/mol. The molecule has 0 spiro atoms. The van der Waals surface area contributed by atoms with Crippen LogP contribution >= 0.6 is 0 Å². The first-order chi connectivity index (χ1) is 8.06. The Bertz CT molecular complexity index is 252. The first kappa shape index (κ1) is 14.4. The van der Waals surface area contributed by atoms with Crippen molar-refractivity contribution in [1.82, 2.24) is 10.6 Å². The molecule has 5 N–H and O–H groups in total. The van der Waals surface area contributed by atoms with Crippen molar-refractivity contribution in [2.75, 3.05) is 13.1 Å². The van der Waals surface area contributed by atoms with E-state index in [9.17, 15) is 4.79 Å². The summed E-state index contributed by atoms with van der Waals surface area (Å²) in [7, 11) is -1.30. The lowest BCUT2D eigenvalue weighted by atomic mass is 9.80. The van der Waals surface area contributed by atoms with Gasteiger partial charge in [0, 0.05) is 18.5 Å². The van der Waals surface area contributed by atoms with Crippen molar-refractivity contribution in [3.63, 3.8) is 0 Å². The van der Waals surface area contributed by atoms with Gasteiger partial charge < -0.3 is 25.8 Å². The number of carbonyl (C=O) groups is 1. The van der Waals surface area contributed by atoms with Gasteiger partial charge in [-0.2, -0.15) is 0 Å². The summed E-state index contributed by atoms with van der Waals surface area (Å²) in [4.78, 5) is 11.1. The fourth-order valence-corrected chi connectivity index (χ4v) is 2.45. The van der Waals surface area contributed by atoms with Crippen molar-refractivity contribution in [2.24, 2.45) is 5.92 Å². The number of nitrogens with one attached hydrogen (secondary N) is 2. The van der Waals surface area contributed by atoms with Gasteiger partial charge in [0.05, 0.1) is 0 Å². The zero-order chi connectivity index (χ0) is 12.8. The van der Waals surface area contributed by atoms with Crippen LogP contribution in [0.1, 0.15) is 19.8 Å².